The van der Waals surface area contributed by atoms with E-state index in [9.17, 15) is 18.0 Å². The molecule has 0 aromatic heterocycles. The maximum atomic E-state index is 12.7. The highest BCUT2D eigenvalue weighted by molar-refractivity contribution is 6.01. The number of hydrogen-bond donors (Lipinski definition) is 0. The Morgan fingerprint density at radius 2 is 1.88 bits per heavy atom. The monoisotopic (exact) mass is 350 g/mol. The summed E-state index contributed by atoms with van der Waals surface area (Å²) in [4.78, 5) is 11.6. The van der Waals surface area contributed by atoms with Gasteiger partial charge in [0, 0.05) is 23.1 Å². The summed E-state index contributed by atoms with van der Waals surface area (Å²) >= 11 is 0. The van der Waals surface area contributed by atoms with Crippen molar-refractivity contribution in [2.45, 2.75) is 38.7 Å². The summed E-state index contributed by atoms with van der Waals surface area (Å²) in [5, 5.41) is 0. The first-order valence-electron chi connectivity index (χ1n) is 7.80. The predicted octanol–water partition coefficient (Wildman–Crippen LogP) is 4.72. The molecule has 0 bridgehead atoms. The van der Waals surface area contributed by atoms with Crippen molar-refractivity contribution in [2.24, 2.45) is 0 Å². The molecule has 3 rings (SSSR count). The summed E-state index contributed by atoms with van der Waals surface area (Å²) in [6.07, 6.45) is -4.19. The summed E-state index contributed by atoms with van der Waals surface area (Å²) in [5.41, 5.74) is 0.414. The summed E-state index contributed by atoms with van der Waals surface area (Å²) in [7, 11) is 0. The van der Waals surface area contributed by atoms with Gasteiger partial charge in [-0.1, -0.05) is 36.4 Å². The minimum absolute atomic E-state index is 0.155. The number of ether oxygens (including phenoxy) is 2. The van der Waals surface area contributed by atoms with E-state index in [1.54, 1.807) is 12.1 Å². The topological polar surface area (TPSA) is 35.5 Å². The van der Waals surface area contributed by atoms with Crippen LogP contribution in [-0.2, 0) is 13.0 Å². The van der Waals surface area contributed by atoms with Gasteiger partial charge in [0.1, 0.15) is 12.2 Å². The van der Waals surface area contributed by atoms with Crippen molar-refractivity contribution in [3.8, 4) is 11.5 Å². The molecule has 2 aromatic rings. The minimum atomic E-state index is -4.92. The molecule has 3 nitrogen and oxygen atoms in total. The molecule has 132 valence electrons. The number of carbonyl (C=O) groups excluding carboxylic acids is 1. The molecule has 6 heteroatoms. The third kappa shape index (κ3) is 3.62. The lowest BCUT2D eigenvalue weighted by Gasteiger charge is -2.18. The molecular formula is C19H17F3O3. The fraction of sp³-hybridized carbons (Fsp3) is 0.316. The van der Waals surface area contributed by atoms with Crippen LogP contribution in [0.1, 0.15) is 35.3 Å². The zero-order valence-electron chi connectivity index (χ0n) is 13.8. The van der Waals surface area contributed by atoms with E-state index in [1.165, 1.54) is 12.1 Å². The Hall–Kier alpha value is -2.50. The molecule has 2 aromatic carbocycles. The number of para-hydroxylation sites is 1. The van der Waals surface area contributed by atoms with Gasteiger partial charge in [0.25, 0.3) is 5.78 Å². The van der Waals surface area contributed by atoms with Gasteiger partial charge in [-0.3, -0.25) is 4.79 Å². The third-order valence-corrected chi connectivity index (χ3v) is 3.96. The van der Waals surface area contributed by atoms with Crippen LogP contribution in [0.2, 0.25) is 0 Å². The van der Waals surface area contributed by atoms with Gasteiger partial charge in [-0.15, -0.1) is 0 Å². The number of Topliss-reactive ketones (excluding diaryl/α,β-unsaturated/α-hetero) is 1. The first-order chi connectivity index (χ1) is 11.7. The average Bonchev–Trinajstić information content (AvgIpc) is 2.86. The van der Waals surface area contributed by atoms with Crippen LogP contribution in [-0.4, -0.2) is 17.6 Å². The molecule has 1 aliphatic heterocycles. The Balaban J connectivity index is 1.83. The Kier molecular flexibility index (Phi) is 4.22. The van der Waals surface area contributed by atoms with E-state index in [2.05, 4.69) is 0 Å². The molecule has 0 fully saturated rings. The average molecular weight is 350 g/mol. The summed E-state index contributed by atoms with van der Waals surface area (Å²) in [6.45, 7) is 3.75. The third-order valence-electron chi connectivity index (χ3n) is 3.96. The maximum Gasteiger partial charge on any atom is 0.454 e. The van der Waals surface area contributed by atoms with Gasteiger partial charge in [-0.05, 0) is 19.9 Å². The highest BCUT2D eigenvalue weighted by Crippen LogP contribution is 2.42. The summed E-state index contributed by atoms with van der Waals surface area (Å²) in [6, 6.07) is 11.0. The normalized spacial score (nSPS) is 15.4. The van der Waals surface area contributed by atoms with E-state index in [-0.39, 0.29) is 17.8 Å². The number of ketones is 1. The smallest absolute Gasteiger partial charge is 0.454 e. The molecule has 25 heavy (non-hydrogen) atoms. The number of benzene rings is 2. The summed E-state index contributed by atoms with van der Waals surface area (Å²) in [5.74, 6) is -0.813. The molecule has 1 heterocycles. The van der Waals surface area contributed by atoms with Crippen molar-refractivity contribution in [1.82, 2.24) is 0 Å². The molecule has 0 aliphatic carbocycles. The fourth-order valence-corrected chi connectivity index (χ4v) is 2.88. The minimum Gasteiger partial charge on any atom is -0.485 e. The molecular weight excluding hydrogens is 333 g/mol. The second kappa shape index (κ2) is 6.10. The SMILES string of the molecule is CC1(C)Cc2cccc(OCc3ccccc3C(=O)C(F)(F)F)c2O1. The standard InChI is InChI=1S/C19H17F3O3/c1-18(2)10-12-7-5-9-15(16(12)25-18)24-11-13-6-3-4-8-14(13)17(23)19(20,21)22/h3-9H,10-11H2,1-2H3. The number of rotatable bonds is 4. The number of carbonyl (C=O) groups is 1. The lowest BCUT2D eigenvalue weighted by molar-refractivity contribution is -0.0886. The van der Waals surface area contributed by atoms with Crippen molar-refractivity contribution in [1.29, 1.82) is 0 Å². The van der Waals surface area contributed by atoms with Crippen molar-refractivity contribution >= 4 is 5.78 Å². The van der Waals surface area contributed by atoms with E-state index in [1.807, 2.05) is 26.0 Å². The van der Waals surface area contributed by atoms with Crippen LogP contribution in [0.5, 0.6) is 11.5 Å². The lowest BCUT2D eigenvalue weighted by atomic mass is 10.0. The molecule has 0 unspecified atom stereocenters. The zero-order chi connectivity index (χ0) is 18.2. The van der Waals surface area contributed by atoms with Gasteiger partial charge >= 0.3 is 6.18 Å². The van der Waals surface area contributed by atoms with E-state index < -0.39 is 17.5 Å². The lowest BCUT2D eigenvalue weighted by Crippen LogP contribution is -2.25. The molecule has 0 spiro atoms. The fourth-order valence-electron chi connectivity index (χ4n) is 2.88. The Morgan fingerprint density at radius 1 is 1.16 bits per heavy atom. The largest absolute Gasteiger partial charge is 0.485 e. The van der Waals surface area contributed by atoms with Gasteiger partial charge in [0.15, 0.2) is 11.5 Å². The van der Waals surface area contributed by atoms with Crippen molar-refractivity contribution in [2.75, 3.05) is 0 Å². The van der Waals surface area contributed by atoms with Gasteiger partial charge in [0.05, 0.1) is 0 Å². The van der Waals surface area contributed by atoms with Gasteiger partial charge in [0.2, 0.25) is 0 Å². The Morgan fingerprint density at radius 3 is 2.60 bits per heavy atom. The van der Waals surface area contributed by atoms with Crippen molar-refractivity contribution < 1.29 is 27.4 Å². The van der Waals surface area contributed by atoms with Crippen LogP contribution < -0.4 is 9.47 Å². The van der Waals surface area contributed by atoms with Gasteiger partial charge < -0.3 is 9.47 Å². The number of hydrogen-bond acceptors (Lipinski definition) is 3. The van der Waals surface area contributed by atoms with Crippen LogP contribution in [0.4, 0.5) is 13.2 Å². The number of halogens is 3. The van der Waals surface area contributed by atoms with Gasteiger partial charge in [-0.2, -0.15) is 13.2 Å². The Labute approximate surface area is 143 Å². The first-order valence-corrected chi connectivity index (χ1v) is 7.80. The van der Waals surface area contributed by atoms with E-state index in [0.717, 1.165) is 18.1 Å². The molecule has 0 saturated heterocycles. The van der Waals surface area contributed by atoms with E-state index >= 15 is 0 Å². The highest BCUT2D eigenvalue weighted by Gasteiger charge is 2.40. The molecule has 0 atom stereocenters. The molecule has 0 N–H and O–H groups in total. The number of alkyl halides is 3. The molecule has 0 saturated carbocycles. The van der Waals surface area contributed by atoms with Gasteiger partial charge in [-0.25, -0.2) is 0 Å². The van der Waals surface area contributed by atoms with Crippen molar-refractivity contribution in [3.63, 3.8) is 0 Å². The van der Waals surface area contributed by atoms with Crippen molar-refractivity contribution in [3.05, 3.63) is 59.2 Å². The highest BCUT2D eigenvalue weighted by atomic mass is 19.4. The van der Waals surface area contributed by atoms with Crippen LogP contribution >= 0.6 is 0 Å². The second-order valence-corrected chi connectivity index (χ2v) is 6.56. The first kappa shape index (κ1) is 17.3. The van der Waals surface area contributed by atoms with Crippen LogP contribution in [0.3, 0.4) is 0 Å². The molecule has 0 radical (unpaired) electrons. The number of fused-ring (bicyclic) bond motifs is 1. The van der Waals surface area contributed by atoms with Crippen LogP contribution in [0.15, 0.2) is 42.5 Å². The maximum absolute atomic E-state index is 12.7. The van der Waals surface area contributed by atoms with E-state index in [4.69, 9.17) is 9.47 Å². The summed E-state index contributed by atoms with van der Waals surface area (Å²) < 4.78 is 49.8. The van der Waals surface area contributed by atoms with E-state index in [0.29, 0.717) is 11.5 Å². The predicted molar refractivity (Wildman–Crippen MR) is 86.0 cm³/mol. The van der Waals surface area contributed by atoms with Crippen LogP contribution in [0.25, 0.3) is 0 Å². The second-order valence-electron chi connectivity index (χ2n) is 6.56. The quantitative estimate of drug-likeness (QED) is 0.748. The molecule has 0 amide bonds. The zero-order valence-corrected chi connectivity index (χ0v) is 13.8. The van der Waals surface area contributed by atoms with Crippen LogP contribution in [0, 0.1) is 0 Å². The Bertz CT molecular complexity index is 810. The molecule has 1 aliphatic rings.